The standard InChI is InChI=1S/C10H20N2O2/c1-7(10(11)14)12-5-3-9(4-6-12)8(2)13/h7-9,13H,3-6H2,1-2H3,(H2,11,14). The number of hydrogen-bond donors (Lipinski definition) is 2. The van der Waals surface area contributed by atoms with Crippen LogP contribution in [-0.4, -0.2) is 41.1 Å². The molecule has 1 aliphatic rings. The highest BCUT2D eigenvalue weighted by atomic mass is 16.3. The molecular formula is C10H20N2O2. The third-order valence-corrected chi connectivity index (χ3v) is 3.22. The largest absolute Gasteiger partial charge is 0.393 e. The quantitative estimate of drug-likeness (QED) is 0.671. The second-order valence-electron chi connectivity index (χ2n) is 4.19. The summed E-state index contributed by atoms with van der Waals surface area (Å²) in [5.41, 5.74) is 5.23. The Morgan fingerprint density at radius 3 is 2.29 bits per heavy atom. The number of primary amides is 1. The number of hydrogen-bond acceptors (Lipinski definition) is 3. The van der Waals surface area contributed by atoms with Crippen LogP contribution in [0.25, 0.3) is 0 Å². The molecule has 0 aromatic rings. The zero-order chi connectivity index (χ0) is 10.7. The summed E-state index contributed by atoms with van der Waals surface area (Å²) >= 11 is 0. The zero-order valence-electron chi connectivity index (χ0n) is 8.94. The van der Waals surface area contributed by atoms with Crippen LogP contribution in [0.1, 0.15) is 26.7 Å². The highest BCUT2D eigenvalue weighted by Gasteiger charge is 2.26. The van der Waals surface area contributed by atoms with Gasteiger partial charge >= 0.3 is 0 Å². The highest BCUT2D eigenvalue weighted by molar-refractivity contribution is 5.79. The van der Waals surface area contributed by atoms with Crippen molar-refractivity contribution in [1.29, 1.82) is 0 Å². The van der Waals surface area contributed by atoms with Gasteiger partial charge in [-0.05, 0) is 45.7 Å². The average molecular weight is 200 g/mol. The van der Waals surface area contributed by atoms with Crippen molar-refractivity contribution in [3.63, 3.8) is 0 Å². The van der Waals surface area contributed by atoms with E-state index in [-0.39, 0.29) is 18.1 Å². The van der Waals surface area contributed by atoms with Crippen molar-refractivity contribution in [2.75, 3.05) is 13.1 Å². The van der Waals surface area contributed by atoms with E-state index in [1.165, 1.54) is 0 Å². The van der Waals surface area contributed by atoms with E-state index in [1.807, 2.05) is 13.8 Å². The van der Waals surface area contributed by atoms with Gasteiger partial charge < -0.3 is 10.8 Å². The Hall–Kier alpha value is -0.610. The Balaban J connectivity index is 2.39. The van der Waals surface area contributed by atoms with Gasteiger partial charge in [-0.25, -0.2) is 0 Å². The molecule has 0 aromatic carbocycles. The van der Waals surface area contributed by atoms with E-state index in [9.17, 15) is 9.90 Å². The van der Waals surface area contributed by atoms with Gasteiger partial charge in [0.05, 0.1) is 12.1 Å². The minimum atomic E-state index is -0.263. The van der Waals surface area contributed by atoms with Crippen molar-refractivity contribution in [2.45, 2.75) is 38.8 Å². The predicted molar refractivity (Wildman–Crippen MR) is 54.6 cm³/mol. The molecule has 4 nitrogen and oxygen atoms in total. The second kappa shape index (κ2) is 4.75. The maximum atomic E-state index is 10.9. The number of amides is 1. The molecule has 4 heteroatoms. The predicted octanol–water partition coefficient (Wildman–Crippen LogP) is -0.0470. The minimum absolute atomic E-state index is 0.176. The van der Waals surface area contributed by atoms with Crippen LogP contribution in [0.5, 0.6) is 0 Å². The number of rotatable bonds is 3. The van der Waals surface area contributed by atoms with E-state index in [0.29, 0.717) is 5.92 Å². The smallest absolute Gasteiger partial charge is 0.234 e. The summed E-state index contributed by atoms with van der Waals surface area (Å²) in [6.07, 6.45) is 1.67. The molecule has 1 fully saturated rings. The van der Waals surface area contributed by atoms with Crippen molar-refractivity contribution >= 4 is 5.91 Å². The molecule has 1 aliphatic heterocycles. The van der Waals surface area contributed by atoms with Crippen molar-refractivity contribution in [1.82, 2.24) is 4.90 Å². The van der Waals surface area contributed by atoms with Gasteiger partial charge in [0.25, 0.3) is 0 Å². The van der Waals surface area contributed by atoms with Gasteiger partial charge in [0.2, 0.25) is 5.91 Å². The normalized spacial score (nSPS) is 24.5. The van der Waals surface area contributed by atoms with E-state index in [1.54, 1.807) is 0 Å². The summed E-state index contributed by atoms with van der Waals surface area (Å²) in [4.78, 5) is 13.0. The molecular weight excluding hydrogens is 180 g/mol. The number of likely N-dealkylation sites (tertiary alicyclic amines) is 1. The van der Waals surface area contributed by atoms with Gasteiger partial charge in [-0.1, -0.05) is 0 Å². The lowest BCUT2D eigenvalue weighted by Crippen LogP contribution is -2.47. The van der Waals surface area contributed by atoms with Crippen LogP contribution in [0.4, 0.5) is 0 Å². The fraction of sp³-hybridized carbons (Fsp3) is 0.900. The first-order valence-electron chi connectivity index (χ1n) is 5.23. The Bertz CT molecular complexity index is 198. The molecule has 2 unspecified atom stereocenters. The van der Waals surface area contributed by atoms with Gasteiger partial charge in [-0.3, -0.25) is 9.69 Å². The summed E-state index contributed by atoms with van der Waals surface area (Å²) in [6.45, 7) is 5.39. The van der Waals surface area contributed by atoms with Gasteiger partial charge in [0.15, 0.2) is 0 Å². The van der Waals surface area contributed by atoms with Crippen molar-refractivity contribution in [3.05, 3.63) is 0 Å². The molecule has 0 radical (unpaired) electrons. The molecule has 1 rings (SSSR count). The SMILES string of the molecule is CC(O)C1CCN(C(C)C(N)=O)CC1. The summed E-state index contributed by atoms with van der Waals surface area (Å²) in [5, 5.41) is 9.40. The molecule has 0 aliphatic carbocycles. The Labute approximate surface area is 85.1 Å². The summed E-state index contributed by atoms with van der Waals surface area (Å²) in [6, 6.07) is -0.176. The first kappa shape index (κ1) is 11.5. The third-order valence-electron chi connectivity index (χ3n) is 3.22. The number of aliphatic hydroxyl groups is 1. The van der Waals surface area contributed by atoms with Crippen LogP contribution in [0.2, 0.25) is 0 Å². The maximum absolute atomic E-state index is 10.9. The van der Waals surface area contributed by atoms with Crippen LogP contribution in [0.3, 0.4) is 0 Å². The van der Waals surface area contributed by atoms with Gasteiger partial charge in [-0.15, -0.1) is 0 Å². The average Bonchev–Trinajstić information content (AvgIpc) is 2.16. The molecule has 0 spiro atoms. The number of piperidine rings is 1. The summed E-state index contributed by atoms with van der Waals surface area (Å²) < 4.78 is 0. The number of nitrogens with two attached hydrogens (primary N) is 1. The first-order chi connectivity index (χ1) is 6.52. The van der Waals surface area contributed by atoms with Crippen molar-refractivity contribution in [2.24, 2.45) is 11.7 Å². The van der Waals surface area contributed by atoms with E-state index in [4.69, 9.17) is 5.73 Å². The molecule has 1 saturated heterocycles. The molecule has 1 amide bonds. The Kier molecular flexibility index (Phi) is 3.89. The lowest BCUT2D eigenvalue weighted by molar-refractivity contribution is -0.123. The van der Waals surface area contributed by atoms with Crippen LogP contribution >= 0.6 is 0 Å². The molecule has 2 atom stereocenters. The van der Waals surface area contributed by atoms with Gasteiger partial charge in [-0.2, -0.15) is 0 Å². The molecule has 14 heavy (non-hydrogen) atoms. The second-order valence-corrected chi connectivity index (χ2v) is 4.19. The van der Waals surface area contributed by atoms with Crippen LogP contribution < -0.4 is 5.73 Å². The van der Waals surface area contributed by atoms with Crippen LogP contribution in [-0.2, 0) is 4.79 Å². The van der Waals surface area contributed by atoms with E-state index in [2.05, 4.69) is 4.90 Å². The van der Waals surface area contributed by atoms with Crippen LogP contribution in [0, 0.1) is 5.92 Å². The minimum Gasteiger partial charge on any atom is -0.393 e. The summed E-state index contributed by atoms with van der Waals surface area (Å²) in [7, 11) is 0. The number of carbonyl (C=O) groups excluding carboxylic acids is 1. The lowest BCUT2D eigenvalue weighted by atomic mass is 9.91. The molecule has 82 valence electrons. The Morgan fingerprint density at radius 1 is 1.43 bits per heavy atom. The van der Waals surface area contributed by atoms with Crippen molar-refractivity contribution < 1.29 is 9.90 Å². The monoisotopic (exact) mass is 200 g/mol. The molecule has 3 N–H and O–H groups in total. The number of nitrogens with zero attached hydrogens (tertiary/aromatic N) is 1. The number of aliphatic hydroxyl groups excluding tert-OH is 1. The highest BCUT2D eigenvalue weighted by Crippen LogP contribution is 2.21. The maximum Gasteiger partial charge on any atom is 0.234 e. The number of carbonyl (C=O) groups is 1. The molecule has 1 heterocycles. The molecule has 0 saturated carbocycles. The topological polar surface area (TPSA) is 66.6 Å². The molecule has 0 bridgehead atoms. The summed E-state index contributed by atoms with van der Waals surface area (Å²) in [5.74, 6) is 0.117. The first-order valence-corrected chi connectivity index (χ1v) is 5.23. The fourth-order valence-corrected chi connectivity index (χ4v) is 1.97. The van der Waals surface area contributed by atoms with Crippen molar-refractivity contribution in [3.8, 4) is 0 Å². The molecule has 0 aromatic heterocycles. The third kappa shape index (κ3) is 2.69. The van der Waals surface area contributed by atoms with E-state index in [0.717, 1.165) is 25.9 Å². The zero-order valence-corrected chi connectivity index (χ0v) is 8.94. The van der Waals surface area contributed by atoms with E-state index >= 15 is 0 Å². The van der Waals surface area contributed by atoms with Crippen LogP contribution in [0.15, 0.2) is 0 Å². The Morgan fingerprint density at radius 2 is 1.93 bits per heavy atom. The fourth-order valence-electron chi connectivity index (χ4n) is 1.97. The lowest BCUT2D eigenvalue weighted by Gasteiger charge is -2.35. The van der Waals surface area contributed by atoms with Gasteiger partial charge in [0.1, 0.15) is 0 Å². The van der Waals surface area contributed by atoms with E-state index < -0.39 is 0 Å². The van der Waals surface area contributed by atoms with Gasteiger partial charge in [0, 0.05) is 0 Å².